The van der Waals surface area contributed by atoms with E-state index in [9.17, 15) is 9.59 Å². The van der Waals surface area contributed by atoms with E-state index in [0.717, 1.165) is 51.9 Å². The zero-order valence-corrected chi connectivity index (χ0v) is 19.7. The average Bonchev–Trinajstić information content (AvgIpc) is 2.52. The van der Waals surface area contributed by atoms with E-state index in [1.54, 1.807) is 41.5 Å². The zero-order chi connectivity index (χ0) is 23.4. The quantitative estimate of drug-likeness (QED) is 0.391. The number of nitrogens with one attached hydrogen (secondary N) is 1. The van der Waals surface area contributed by atoms with Crippen molar-refractivity contribution in [1.82, 2.24) is 10.2 Å². The maximum Gasteiger partial charge on any atom is 0.519 e. The molecule has 2 heterocycles. The van der Waals surface area contributed by atoms with Crippen LogP contribution in [0.1, 0.15) is 67.2 Å². The molecule has 2 saturated heterocycles. The minimum atomic E-state index is -1.06. The van der Waals surface area contributed by atoms with Crippen molar-refractivity contribution in [3.8, 4) is 0 Å². The van der Waals surface area contributed by atoms with Crippen molar-refractivity contribution >= 4 is 12.3 Å². The van der Waals surface area contributed by atoms with E-state index in [0.29, 0.717) is 0 Å². The van der Waals surface area contributed by atoms with Crippen molar-refractivity contribution in [3.05, 3.63) is 0 Å². The van der Waals surface area contributed by atoms with Gasteiger partial charge in [-0.3, -0.25) is 0 Å². The zero-order valence-electron chi connectivity index (χ0n) is 19.7. The summed E-state index contributed by atoms with van der Waals surface area (Å²) < 4.78 is 13.8. The summed E-state index contributed by atoms with van der Waals surface area (Å²) in [7, 11) is 2.04. The number of likely N-dealkylation sites (N-methyl/N-ethyl adjacent to an activating group) is 1. The summed E-state index contributed by atoms with van der Waals surface area (Å²) in [5.74, 6) is 0. The molecular weight excluding hydrogens is 392 g/mol. The van der Waals surface area contributed by atoms with E-state index >= 15 is 0 Å². The first-order valence-corrected chi connectivity index (χ1v) is 10.6. The average molecular weight is 435 g/mol. The molecule has 0 amide bonds. The molecule has 2 atom stereocenters. The van der Waals surface area contributed by atoms with Gasteiger partial charge in [-0.1, -0.05) is 0 Å². The molecule has 9 heteroatoms. The van der Waals surface area contributed by atoms with Gasteiger partial charge in [0.1, 0.15) is 11.2 Å². The second-order valence-electron chi connectivity index (χ2n) is 9.59. The topological polar surface area (TPSA) is 118 Å². The molecule has 3 N–H and O–H groups in total. The summed E-state index contributed by atoms with van der Waals surface area (Å²) in [5, 5.41) is 21.0. The molecule has 0 aromatic rings. The van der Waals surface area contributed by atoms with Crippen LogP contribution in [0.2, 0.25) is 0 Å². The highest BCUT2D eigenvalue weighted by molar-refractivity contribution is 5.77. The van der Waals surface area contributed by atoms with Gasteiger partial charge >= 0.3 is 12.3 Å². The second-order valence-corrected chi connectivity index (χ2v) is 9.59. The highest BCUT2D eigenvalue weighted by Gasteiger charge is 2.24. The van der Waals surface area contributed by atoms with E-state index in [1.807, 2.05) is 7.05 Å². The van der Waals surface area contributed by atoms with E-state index in [-0.39, 0.29) is 12.2 Å². The van der Waals surface area contributed by atoms with Crippen LogP contribution in [0, 0.1) is 0 Å². The molecule has 0 saturated carbocycles. The number of β-amino-alcohol motifs (C(OH)–C–C–N with tert-alkyl or cyclic N) is 2. The predicted molar refractivity (Wildman–Crippen MR) is 114 cm³/mol. The summed E-state index contributed by atoms with van der Waals surface area (Å²) in [5.41, 5.74) is -1.39. The SMILES string of the molecule is CC(C)(C)OC(=O)OC(=O)OC(C)(C)C.CN1CCC[C@@H](O)C1.O[C@@H]1CCCNC1. The number of nitrogens with zero attached hydrogens (tertiary/aromatic N) is 1. The third kappa shape index (κ3) is 18.6. The first-order valence-electron chi connectivity index (χ1n) is 10.6. The summed E-state index contributed by atoms with van der Waals surface area (Å²) in [4.78, 5) is 24.2. The van der Waals surface area contributed by atoms with E-state index in [4.69, 9.17) is 19.7 Å². The summed E-state index contributed by atoms with van der Waals surface area (Å²) >= 11 is 0. The van der Waals surface area contributed by atoms with Crippen molar-refractivity contribution in [3.63, 3.8) is 0 Å². The van der Waals surface area contributed by atoms with Gasteiger partial charge in [-0.25, -0.2) is 9.59 Å². The van der Waals surface area contributed by atoms with E-state index in [2.05, 4.69) is 15.0 Å². The smallest absolute Gasteiger partial charge is 0.428 e. The first-order chi connectivity index (χ1) is 13.7. The van der Waals surface area contributed by atoms with E-state index < -0.39 is 23.5 Å². The minimum absolute atomic E-state index is 0.0613. The van der Waals surface area contributed by atoms with Crippen LogP contribution in [-0.4, -0.2) is 84.1 Å². The molecule has 0 aromatic heterocycles. The number of rotatable bonds is 0. The number of aliphatic hydroxyl groups excluding tert-OH is 2. The minimum Gasteiger partial charge on any atom is -0.428 e. The van der Waals surface area contributed by atoms with Gasteiger partial charge in [-0.2, -0.15) is 0 Å². The fourth-order valence-electron chi connectivity index (χ4n) is 2.58. The number of piperidine rings is 2. The Balaban J connectivity index is 0.000000464. The van der Waals surface area contributed by atoms with Crippen LogP contribution >= 0.6 is 0 Å². The fourth-order valence-corrected chi connectivity index (χ4v) is 2.58. The van der Waals surface area contributed by atoms with Gasteiger partial charge in [0.15, 0.2) is 0 Å². The van der Waals surface area contributed by atoms with Crippen LogP contribution in [0.4, 0.5) is 9.59 Å². The number of hydrogen-bond acceptors (Lipinski definition) is 9. The normalized spacial score (nSPS) is 22.4. The van der Waals surface area contributed by atoms with E-state index in [1.165, 1.54) is 0 Å². The van der Waals surface area contributed by atoms with Crippen molar-refractivity contribution in [2.45, 2.75) is 90.6 Å². The predicted octanol–water partition coefficient (Wildman–Crippen LogP) is 2.68. The van der Waals surface area contributed by atoms with Crippen LogP contribution < -0.4 is 5.32 Å². The number of likely N-dealkylation sites (tertiary alicyclic amines) is 1. The second kappa shape index (κ2) is 13.8. The van der Waals surface area contributed by atoms with Crippen molar-refractivity contribution in [2.24, 2.45) is 0 Å². The Morgan fingerprint density at radius 2 is 1.40 bits per heavy atom. The molecule has 0 spiro atoms. The Morgan fingerprint density at radius 1 is 0.900 bits per heavy atom. The summed E-state index contributed by atoms with van der Waals surface area (Å²) in [6, 6.07) is 0. The summed E-state index contributed by atoms with van der Waals surface area (Å²) in [6.07, 6.45) is 1.99. The van der Waals surface area contributed by atoms with Gasteiger partial charge in [0, 0.05) is 13.1 Å². The van der Waals surface area contributed by atoms with Crippen LogP contribution in [0.15, 0.2) is 0 Å². The van der Waals surface area contributed by atoms with Gasteiger partial charge in [-0.15, -0.1) is 0 Å². The molecule has 2 aliphatic rings. The molecule has 178 valence electrons. The molecule has 9 nitrogen and oxygen atoms in total. The van der Waals surface area contributed by atoms with Gasteiger partial charge in [0.05, 0.1) is 12.2 Å². The Kier molecular flexibility index (Phi) is 13.1. The van der Waals surface area contributed by atoms with Gasteiger partial charge in [0.2, 0.25) is 0 Å². The first kappa shape index (κ1) is 28.6. The lowest BCUT2D eigenvalue weighted by atomic mass is 10.1. The van der Waals surface area contributed by atoms with Crippen LogP contribution in [-0.2, 0) is 14.2 Å². The number of aliphatic hydroxyl groups is 2. The Hall–Kier alpha value is -1.42. The lowest BCUT2D eigenvalue weighted by molar-refractivity contribution is -0.0293. The standard InChI is InChI=1S/C10H18O5.C6H13NO.C5H11NO/c1-9(2,3)14-7(11)13-8(12)15-10(4,5)6;1-7-4-2-3-6(8)5-7;7-5-2-1-3-6-4-5/h1-6H3;6,8H,2-5H2,1H3;5-7H,1-4H2/t;6-;5-/m.11/s1. The molecule has 0 aliphatic carbocycles. The summed E-state index contributed by atoms with van der Waals surface area (Å²) in [6.45, 7) is 13.9. The Labute approximate surface area is 181 Å². The lowest BCUT2D eigenvalue weighted by Crippen LogP contribution is -2.34. The molecule has 2 rings (SSSR count). The van der Waals surface area contributed by atoms with Crippen LogP contribution in [0.5, 0.6) is 0 Å². The fraction of sp³-hybridized carbons (Fsp3) is 0.905. The van der Waals surface area contributed by atoms with Crippen molar-refractivity contribution in [2.75, 3.05) is 33.2 Å². The van der Waals surface area contributed by atoms with Crippen LogP contribution in [0.25, 0.3) is 0 Å². The molecule has 0 bridgehead atoms. The van der Waals surface area contributed by atoms with Crippen molar-refractivity contribution < 1.29 is 34.0 Å². The largest absolute Gasteiger partial charge is 0.519 e. The number of hydrogen-bond donors (Lipinski definition) is 3. The van der Waals surface area contributed by atoms with Crippen molar-refractivity contribution in [1.29, 1.82) is 0 Å². The monoisotopic (exact) mass is 434 g/mol. The third-order valence-electron chi connectivity index (χ3n) is 3.82. The molecule has 2 fully saturated rings. The molecule has 0 radical (unpaired) electrons. The van der Waals surface area contributed by atoms with Crippen LogP contribution in [0.3, 0.4) is 0 Å². The number of ether oxygens (including phenoxy) is 3. The number of carbonyl (C=O) groups excluding carboxylic acids is 2. The number of carbonyl (C=O) groups is 2. The maximum atomic E-state index is 11.0. The molecule has 0 aromatic carbocycles. The molecular formula is C21H42N2O7. The van der Waals surface area contributed by atoms with Gasteiger partial charge in [-0.05, 0) is 87.4 Å². The van der Waals surface area contributed by atoms with Gasteiger partial charge in [0.25, 0.3) is 0 Å². The molecule has 0 unspecified atom stereocenters. The Morgan fingerprint density at radius 3 is 1.67 bits per heavy atom. The lowest BCUT2D eigenvalue weighted by Gasteiger charge is -2.25. The third-order valence-corrected chi connectivity index (χ3v) is 3.82. The Bertz CT molecular complexity index is 461. The highest BCUT2D eigenvalue weighted by atomic mass is 16.8. The van der Waals surface area contributed by atoms with Gasteiger partial charge < -0.3 is 34.6 Å². The molecule has 30 heavy (non-hydrogen) atoms. The maximum absolute atomic E-state index is 11.0. The highest BCUT2D eigenvalue weighted by Crippen LogP contribution is 2.11. The molecule has 2 aliphatic heterocycles.